The largest absolute Gasteiger partial charge is 0.364 e. The van der Waals surface area contributed by atoms with Crippen LogP contribution in [0.3, 0.4) is 0 Å². The molecule has 29 heavy (non-hydrogen) atoms. The molecule has 0 saturated carbocycles. The van der Waals surface area contributed by atoms with Crippen LogP contribution in [0.15, 0.2) is 78.9 Å². The summed E-state index contributed by atoms with van der Waals surface area (Å²) in [6, 6.07) is 26.9. The van der Waals surface area contributed by atoms with Gasteiger partial charge in [-0.05, 0) is 41.5 Å². The average molecular weight is 389 g/mol. The molecule has 0 aliphatic rings. The Morgan fingerprint density at radius 1 is 0.724 bits per heavy atom. The Balaban J connectivity index is 1.63. The van der Waals surface area contributed by atoms with Gasteiger partial charge < -0.3 is 9.84 Å². The highest BCUT2D eigenvalue weighted by molar-refractivity contribution is 5.64. The molecular formula is C27H32O2. The van der Waals surface area contributed by atoms with Crippen molar-refractivity contribution in [3.05, 3.63) is 95.6 Å². The fourth-order valence-electron chi connectivity index (χ4n) is 3.60. The van der Waals surface area contributed by atoms with Gasteiger partial charge in [-0.2, -0.15) is 0 Å². The number of rotatable bonds is 10. The third kappa shape index (κ3) is 6.03. The number of aryl methyl sites for hydroxylation is 1. The first-order chi connectivity index (χ1) is 14.2. The second-order valence-electron chi connectivity index (χ2n) is 7.57. The Kier molecular flexibility index (Phi) is 8.03. The molecule has 0 aliphatic heterocycles. The smallest absolute Gasteiger partial charge is 0.181 e. The molecule has 3 aromatic rings. The van der Waals surface area contributed by atoms with Gasteiger partial charge in [-0.15, -0.1) is 0 Å². The van der Waals surface area contributed by atoms with E-state index in [-0.39, 0.29) is 6.10 Å². The lowest BCUT2D eigenvalue weighted by molar-refractivity contribution is -0.142. The van der Waals surface area contributed by atoms with Crippen LogP contribution in [0, 0.1) is 0 Å². The lowest BCUT2D eigenvalue weighted by atomic mass is 10.0. The number of hydrogen-bond acceptors (Lipinski definition) is 2. The van der Waals surface area contributed by atoms with Gasteiger partial charge in [0, 0.05) is 5.56 Å². The number of aliphatic hydroxyl groups excluding tert-OH is 1. The molecule has 2 unspecified atom stereocenters. The van der Waals surface area contributed by atoms with E-state index in [9.17, 15) is 5.11 Å². The average Bonchev–Trinajstić information content (AvgIpc) is 2.78. The second kappa shape index (κ2) is 10.9. The van der Waals surface area contributed by atoms with Crippen LogP contribution in [0.4, 0.5) is 0 Å². The van der Waals surface area contributed by atoms with Crippen molar-refractivity contribution in [2.45, 2.75) is 58.3 Å². The van der Waals surface area contributed by atoms with Gasteiger partial charge in [-0.3, -0.25) is 0 Å². The lowest BCUT2D eigenvalue weighted by Gasteiger charge is -2.21. The summed E-state index contributed by atoms with van der Waals surface area (Å²) in [5, 5.41) is 10.6. The SMILES string of the molecule is CCCCCc1ccc(-c2ccc(C(O)OC(CC)c3ccccc3)cc2)cc1. The molecule has 152 valence electrons. The minimum absolute atomic E-state index is 0.119. The zero-order chi connectivity index (χ0) is 20.5. The topological polar surface area (TPSA) is 29.5 Å². The van der Waals surface area contributed by atoms with Gasteiger partial charge in [0.2, 0.25) is 0 Å². The van der Waals surface area contributed by atoms with E-state index in [0.717, 1.165) is 29.5 Å². The van der Waals surface area contributed by atoms with Crippen molar-refractivity contribution in [1.82, 2.24) is 0 Å². The number of ether oxygens (including phenoxy) is 1. The Hall–Kier alpha value is -2.42. The maximum atomic E-state index is 10.6. The van der Waals surface area contributed by atoms with Crippen molar-refractivity contribution >= 4 is 0 Å². The summed E-state index contributed by atoms with van der Waals surface area (Å²) < 4.78 is 5.94. The number of aliphatic hydroxyl groups is 1. The molecule has 0 saturated heterocycles. The van der Waals surface area contributed by atoms with E-state index in [1.165, 1.54) is 30.4 Å². The normalized spacial score (nSPS) is 13.2. The molecule has 0 bridgehead atoms. The predicted octanol–water partition coefficient (Wildman–Crippen LogP) is 7.25. The summed E-state index contributed by atoms with van der Waals surface area (Å²) in [4.78, 5) is 0. The van der Waals surface area contributed by atoms with Gasteiger partial charge in [-0.25, -0.2) is 0 Å². The van der Waals surface area contributed by atoms with Gasteiger partial charge in [0.05, 0.1) is 6.10 Å². The zero-order valence-electron chi connectivity index (χ0n) is 17.6. The van der Waals surface area contributed by atoms with E-state index < -0.39 is 6.29 Å². The Labute approximate surface area is 175 Å². The van der Waals surface area contributed by atoms with Crippen LogP contribution in [0.25, 0.3) is 11.1 Å². The van der Waals surface area contributed by atoms with Gasteiger partial charge in [0.25, 0.3) is 0 Å². The summed E-state index contributed by atoms with van der Waals surface area (Å²) in [5.41, 5.74) is 5.61. The van der Waals surface area contributed by atoms with Crippen molar-refractivity contribution in [2.75, 3.05) is 0 Å². The highest BCUT2D eigenvalue weighted by Crippen LogP contribution is 2.29. The second-order valence-corrected chi connectivity index (χ2v) is 7.57. The van der Waals surface area contributed by atoms with Gasteiger partial charge in [-0.1, -0.05) is 106 Å². The monoisotopic (exact) mass is 388 g/mol. The minimum Gasteiger partial charge on any atom is -0.364 e. The zero-order valence-corrected chi connectivity index (χ0v) is 17.6. The number of hydrogen-bond donors (Lipinski definition) is 1. The molecule has 1 N–H and O–H groups in total. The molecule has 2 atom stereocenters. The van der Waals surface area contributed by atoms with E-state index in [1.807, 2.05) is 42.5 Å². The van der Waals surface area contributed by atoms with Crippen LogP contribution in [0.1, 0.15) is 68.6 Å². The maximum Gasteiger partial charge on any atom is 0.181 e. The third-order valence-electron chi connectivity index (χ3n) is 5.39. The van der Waals surface area contributed by atoms with E-state index in [2.05, 4.69) is 50.2 Å². The Morgan fingerprint density at radius 2 is 1.34 bits per heavy atom. The first kappa shape index (κ1) is 21.3. The molecule has 2 nitrogen and oxygen atoms in total. The molecule has 3 rings (SSSR count). The number of benzene rings is 3. The van der Waals surface area contributed by atoms with Crippen molar-refractivity contribution in [3.8, 4) is 11.1 Å². The van der Waals surface area contributed by atoms with Crippen LogP contribution < -0.4 is 0 Å². The van der Waals surface area contributed by atoms with Crippen molar-refractivity contribution in [1.29, 1.82) is 0 Å². The summed E-state index contributed by atoms with van der Waals surface area (Å²) in [5.74, 6) is 0. The summed E-state index contributed by atoms with van der Waals surface area (Å²) >= 11 is 0. The van der Waals surface area contributed by atoms with Crippen molar-refractivity contribution in [2.24, 2.45) is 0 Å². The summed E-state index contributed by atoms with van der Waals surface area (Å²) in [6.45, 7) is 4.30. The lowest BCUT2D eigenvalue weighted by Crippen LogP contribution is -2.09. The molecule has 0 aliphatic carbocycles. The predicted molar refractivity (Wildman–Crippen MR) is 121 cm³/mol. The molecular weight excluding hydrogens is 356 g/mol. The first-order valence-corrected chi connectivity index (χ1v) is 10.8. The van der Waals surface area contributed by atoms with Crippen LogP contribution in [-0.4, -0.2) is 5.11 Å². The number of unbranched alkanes of at least 4 members (excludes halogenated alkanes) is 2. The van der Waals surface area contributed by atoms with Crippen LogP contribution in [0.2, 0.25) is 0 Å². The standard InChI is InChI=1S/C27H32O2/c1-3-5-7-10-21-13-15-22(16-14-21)23-17-19-25(20-18-23)27(28)29-26(4-2)24-11-8-6-9-12-24/h6,8-9,11-20,26-28H,3-5,7,10H2,1-2H3. The summed E-state index contributed by atoms with van der Waals surface area (Å²) in [7, 11) is 0. The minimum atomic E-state index is -0.935. The van der Waals surface area contributed by atoms with E-state index in [4.69, 9.17) is 4.74 Å². The fourth-order valence-corrected chi connectivity index (χ4v) is 3.60. The highest BCUT2D eigenvalue weighted by Gasteiger charge is 2.16. The molecule has 0 radical (unpaired) electrons. The van der Waals surface area contributed by atoms with E-state index in [1.54, 1.807) is 0 Å². The maximum absolute atomic E-state index is 10.6. The molecule has 3 aromatic carbocycles. The molecule has 0 spiro atoms. The molecule has 2 heteroatoms. The van der Waals surface area contributed by atoms with Gasteiger partial charge in [0.1, 0.15) is 0 Å². The van der Waals surface area contributed by atoms with Crippen LogP contribution in [-0.2, 0) is 11.2 Å². The molecule has 0 fully saturated rings. The van der Waals surface area contributed by atoms with Crippen molar-refractivity contribution < 1.29 is 9.84 Å². The first-order valence-electron chi connectivity index (χ1n) is 10.8. The van der Waals surface area contributed by atoms with Gasteiger partial charge in [0.15, 0.2) is 6.29 Å². The van der Waals surface area contributed by atoms with Crippen molar-refractivity contribution in [3.63, 3.8) is 0 Å². The van der Waals surface area contributed by atoms with Gasteiger partial charge >= 0.3 is 0 Å². The molecule has 0 amide bonds. The van der Waals surface area contributed by atoms with Crippen LogP contribution in [0.5, 0.6) is 0 Å². The molecule has 0 heterocycles. The van der Waals surface area contributed by atoms with E-state index in [0.29, 0.717) is 0 Å². The van der Waals surface area contributed by atoms with E-state index >= 15 is 0 Å². The van der Waals surface area contributed by atoms with Crippen LogP contribution >= 0.6 is 0 Å². The quantitative estimate of drug-likeness (QED) is 0.293. The third-order valence-corrected chi connectivity index (χ3v) is 5.39. The fraction of sp³-hybridized carbons (Fsp3) is 0.333. The molecule has 0 aromatic heterocycles. The Bertz CT molecular complexity index is 838. The summed E-state index contributed by atoms with van der Waals surface area (Å²) in [6.07, 6.45) is 4.70. The highest BCUT2D eigenvalue weighted by atomic mass is 16.6. The Morgan fingerprint density at radius 3 is 1.93 bits per heavy atom.